The maximum absolute atomic E-state index is 4.75. The van der Waals surface area contributed by atoms with Gasteiger partial charge in [0, 0.05) is 23.9 Å². The van der Waals surface area contributed by atoms with E-state index >= 15 is 0 Å². The molecule has 0 saturated heterocycles. The van der Waals surface area contributed by atoms with Crippen molar-refractivity contribution in [3.8, 4) is 22.5 Å². The third-order valence-electron chi connectivity index (χ3n) is 5.44. The zero-order valence-corrected chi connectivity index (χ0v) is 18.5. The van der Waals surface area contributed by atoms with Crippen molar-refractivity contribution < 1.29 is 0 Å². The molecule has 0 fully saturated rings. The zero-order chi connectivity index (χ0) is 21.0. The molecule has 0 aliphatic rings. The molecule has 3 aromatic rings. The molecule has 0 bridgehead atoms. The molecule has 0 radical (unpaired) electrons. The first-order chi connectivity index (χ1) is 14.8. The van der Waals surface area contributed by atoms with E-state index in [1.807, 2.05) is 19.1 Å². The summed E-state index contributed by atoms with van der Waals surface area (Å²) in [5.41, 5.74) is 4.47. The van der Waals surface area contributed by atoms with Crippen molar-refractivity contribution in [1.82, 2.24) is 9.97 Å². The predicted octanol–water partition coefficient (Wildman–Crippen LogP) is 7.67. The first-order valence-electron chi connectivity index (χ1n) is 11.5. The Bertz CT molecular complexity index is 872. The second-order valence-corrected chi connectivity index (χ2v) is 8.06. The van der Waals surface area contributed by atoms with Gasteiger partial charge in [0.15, 0.2) is 5.82 Å². The van der Waals surface area contributed by atoms with E-state index in [9.17, 15) is 0 Å². The minimum atomic E-state index is 0.785. The van der Waals surface area contributed by atoms with Gasteiger partial charge >= 0.3 is 0 Å². The number of aryl methyl sites for hydroxylation is 1. The zero-order valence-electron chi connectivity index (χ0n) is 18.5. The van der Waals surface area contributed by atoms with Crippen LogP contribution in [0.15, 0.2) is 60.7 Å². The monoisotopic (exact) mass is 401 g/mol. The Morgan fingerprint density at radius 1 is 0.667 bits per heavy atom. The second-order valence-electron chi connectivity index (χ2n) is 8.06. The molecule has 3 heteroatoms. The van der Waals surface area contributed by atoms with Gasteiger partial charge in [-0.1, -0.05) is 106 Å². The van der Waals surface area contributed by atoms with Crippen LogP contribution in [-0.2, 0) is 0 Å². The van der Waals surface area contributed by atoms with Crippen LogP contribution in [-0.4, -0.2) is 16.5 Å². The van der Waals surface area contributed by atoms with E-state index < -0.39 is 0 Å². The number of rotatable bonds is 12. The Balaban J connectivity index is 1.51. The van der Waals surface area contributed by atoms with Crippen molar-refractivity contribution in [3.05, 3.63) is 66.4 Å². The van der Waals surface area contributed by atoms with E-state index in [0.29, 0.717) is 0 Å². The highest BCUT2D eigenvalue weighted by molar-refractivity contribution is 5.68. The number of aromatic nitrogens is 2. The van der Waals surface area contributed by atoms with Crippen molar-refractivity contribution in [3.63, 3.8) is 0 Å². The molecule has 0 aliphatic carbocycles. The summed E-state index contributed by atoms with van der Waals surface area (Å²) in [6.45, 7) is 5.27. The fourth-order valence-corrected chi connectivity index (χ4v) is 3.71. The quantitative estimate of drug-likeness (QED) is 0.316. The summed E-state index contributed by atoms with van der Waals surface area (Å²) in [6, 6.07) is 21.0. The minimum absolute atomic E-state index is 0.785. The third-order valence-corrected chi connectivity index (χ3v) is 5.44. The lowest BCUT2D eigenvalue weighted by Gasteiger charge is -2.09. The van der Waals surface area contributed by atoms with Crippen molar-refractivity contribution in [2.45, 2.75) is 65.2 Å². The molecule has 2 aromatic carbocycles. The van der Waals surface area contributed by atoms with E-state index in [-0.39, 0.29) is 0 Å². The topological polar surface area (TPSA) is 37.8 Å². The van der Waals surface area contributed by atoms with E-state index in [4.69, 9.17) is 4.98 Å². The van der Waals surface area contributed by atoms with Crippen LogP contribution >= 0.6 is 0 Å². The molecule has 0 atom stereocenters. The number of nitrogens with one attached hydrogen (secondary N) is 1. The summed E-state index contributed by atoms with van der Waals surface area (Å²) in [6.07, 6.45) is 10.7. The van der Waals surface area contributed by atoms with Crippen molar-refractivity contribution in [2.24, 2.45) is 0 Å². The third kappa shape index (κ3) is 6.98. The highest BCUT2D eigenvalue weighted by Gasteiger charge is 2.06. The fraction of sp³-hybridized carbons (Fsp3) is 0.407. The Morgan fingerprint density at radius 2 is 1.27 bits per heavy atom. The van der Waals surface area contributed by atoms with Gasteiger partial charge in [0.2, 0.25) is 0 Å². The largest absolute Gasteiger partial charge is 0.370 e. The Labute approximate surface area is 182 Å². The molecule has 3 nitrogen and oxygen atoms in total. The van der Waals surface area contributed by atoms with Crippen LogP contribution in [0.3, 0.4) is 0 Å². The van der Waals surface area contributed by atoms with E-state index in [0.717, 1.165) is 29.4 Å². The predicted molar refractivity (Wildman–Crippen MR) is 129 cm³/mol. The standard InChI is InChI=1S/C27H35N3/c1-3-4-5-6-7-8-9-13-20-28-26-21-22(2)29-27(30-26)25-18-16-24(17-19-25)23-14-11-10-12-15-23/h10-12,14-19,21H,3-9,13,20H2,1-2H3,(H,28,29,30). The van der Waals surface area contributed by atoms with Crippen molar-refractivity contribution in [1.29, 1.82) is 0 Å². The average Bonchev–Trinajstić information content (AvgIpc) is 2.78. The first-order valence-corrected chi connectivity index (χ1v) is 11.5. The summed E-state index contributed by atoms with van der Waals surface area (Å²) < 4.78 is 0. The molecule has 1 heterocycles. The summed E-state index contributed by atoms with van der Waals surface area (Å²) in [4.78, 5) is 9.40. The average molecular weight is 402 g/mol. The molecule has 0 spiro atoms. The van der Waals surface area contributed by atoms with Crippen LogP contribution in [0.2, 0.25) is 0 Å². The lowest BCUT2D eigenvalue weighted by molar-refractivity contribution is 0.581. The van der Waals surface area contributed by atoms with Crippen LogP contribution in [0.1, 0.15) is 64.0 Å². The second kappa shape index (κ2) is 12.1. The molecule has 1 aromatic heterocycles. The molecule has 30 heavy (non-hydrogen) atoms. The maximum atomic E-state index is 4.75. The summed E-state index contributed by atoms with van der Waals surface area (Å²) in [5.74, 6) is 1.71. The molecule has 0 unspecified atom stereocenters. The van der Waals surface area contributed by atoms with Gasteiger partial charge in [0.25, 0.3) is 0 Å². The highest BCUT2D eigenvalue weighted by Crippen LogP contribution is 2.24. The highest BCUT2D eigenvalue weighted by atomic mass is 15.0. The number of hydrogen-bond acceptors (Lipinski definition) is 3. The molecule has 0 saturated carbocycles. The van der Waals surface area contributed by atoms with Crippen molar-refractivity contribution in [2.75, 3.05) is 11.9 Å². The van der Waals surface area contributed by atoms with Gasteiger partial charge in [-0.2, -0.15) is 0 Å². The Hall–Kier alpha value is -2.68. The molecule has 3 rings (SSSR count). The van der Waals surface area contributed by atoms with Gasteiger partial charge in [0.1, 0.15) is 5.82 Å². The normalized spacial score (nSPS) is 10.9. The van der Waals surface area contributed by atoms with E-state index in [2.05, 4.69) is 65.8 Å². The number of hydrogen-bond donors (Lipinski definition) is 1. The molecule has 1 N–H and O–H groups in total. The van der Waals surface area contributed by atoms with Gasteiger partial charge in [-0.15, -0.1) is 0 Å². The van der Waals surface area contributed by atoms with Crippen LogP contribution in [0.5, 0.6) is 0 Å². The van der Waals surface area contributed by atoms with Gasteiger partial charge in [-0.05, 0) is 24.5 Å². The molecule has 0 aliphatic heterocycles. The number of anilines is 1. The van der Waals surface area contributed by atoms with Gasteiger partial charge < -0.3 is 5.32 Å². The summed E-state index contributed by atoms with van der Waals surface area (Å²) >= 11 is 0. The molecular formula is C27H35N3. The minimum Gasteiger partial charge on any atom is -0.370 e. The smallest absolute Gasteiger partial charge is 0.161 e. The SMILES string of the molecule is CCCCCCCCCCNc1cc(C)nc(-c2ccc(-c3ccccc3)cc2)n1. The first kappa shape index (κ1) is 22.0. The molecule has 0 amide bonds. The van der Waals surface area contributed by atoms with Crippen LogP contribution in [0.25, 0.3) is 22.5 Å². The molecular weight excluding hydrogens is 366 g/mol. The van der Waals surface area contributed by atoms with Crippen molar-refractivity contribution >= 4 is 5.82 Å². The van der Waals surface area contributed by atoms with Gasteiger partial charge in [0.05, 0.1) is 0 Å². The summed E-state index contributed by atoms with van der Waals surface area (Å²) in [5, 5.41) is 3.49. The Kier molecular flexibility index (Phi) is 8.89. The lowest BCUT2D eigenvalue weighted by Crippen LogP contribution is -2.05. The van der Waals surface area contributed by atoms with Gasteiger partial charge in [-0.3, -0.25) is 0 Å². The van der Waals surface area contributed by atoms with Crippen LogP contribution in [0, 0.1) is 6.92 Å². The lowest BCUT2D eigenvalue weighted by atomic mass is 10.0. The molecule has 158 valence electrons. The maximum Gasteiger partial charge on any atom is 0.161 e. The Morgan fingerprint density at radius 3 is 1.97 bits per heavy atom. The number of unbranched alkanes of at least 4 members (excludes halogenated alkanes) is 7. The van der Waals surface area contributed by atoms with Crippen LogP contribution < -0.4 is 5.32 Å². The van der Waals surface area contributed by atoms with Crippen LogP contribution in [0.4, 0.5) is 5.82 Å². The fourth-order valence-electron chi connectivity index (χ4n) is 3.71. The van der Waals surface area contributed by atoms with E-state index in [1.165, 1.54) is 62.5 Å². The van der Waals surface area contributed by atoms with Gasteiger partial charge in [-0.25, -0.2) is 9.97 Å². The van der Waals surface area contributed by atoms with E-state index in [1.54, 1.807) is 0 Å². The number of nitrogens with zero attached hydrogens (tertiary/aromatic N) is 2. The number of benzene rings is 2. The summed E-state index contributed by atoms with van der Waals surface area (Å²) in [7, 11) is 0.